The van der Waals surface area contributed by atoms with Crippen molar-refractivity contribution in [3.63, 3.8) is 0 Å². The van der Waals surface area contributed by atoms with Crippen molar-refractivity contribution < 1.29 is 4.79 Å². The van der Waals surface area contributed by atoms with Gasteiger partial charge in [0.05, 0.1) is 15.7 Å². The Morgan fingerprint density at radius 1 is 1.25 bits per heavy atom. The van der Waals surface area contributed by atoms with Gasteiger partial charge in [0.2, 0.25) is 0 Å². The first-order valence-corrected chi connectivity index (χ1v) is 5.32. The molecule has 0 aliphatic rings. The lowest BCUT2D eigenvalue weighted by Gasteiger charge is -2.03. The summed E-state index contributed by atoms with van der Waals surface area (Å²) in [5, 5.41) is 5.01. The van der Waals surface area contributed by atoms with Gasteiger partial charge in [-0.15, -0.1) is 0 Å². The van der Waals surface area contributed by atoms with Crippen LogP contribution in [0.1, 0.15) is 10.5 Å². The molecule has 0 atom stereocenters. The predicted octanol–water partition coefficient (Wildman–Crippen LogP) is 3.21. The highest BCUT2D eigenvalue weighted by molar-refractivity contribution is 6.42. The van der Waals surface area contributed by atoms with Gasteiger partial charge in [-0.25, -0.2) is 0 Å². The zero-order valence-electron chi connectivity index (χ0n) is 8.45. The van der Waals surface area contributed by atoms with Crippen molar-refractivity contribution in [2.75, 3.05) is 0 Å². The van der Waals surface area contributed by atoms with Crippen LogP contribution in [0.15, 0.2) is 24.3 Å². The quantitative estimate of drug-likeness (QED) is 0.772. The summed E-state index contributed by atoms with van der Waals surface area (Å²) >= 11 is 11.8. The molecule has 2 aromatic rings. The van der Waals surface area contributed by atoms with Crippen molar-refractivity contribution in [2.24, 2.45) is 7.05 Å². The van der Waals surface area contributed by atoms with Crippen molar-refractivity contribution in [1.29, 1.82) is 0 Å². The molecule has 16 heavy (non-hydrogen) atoms. The molecule has 0 saturated heterocycles. The molecule has 3 nitrogen and oxygen atoms in total. The molecule has 1 heterocycles. The number of hydrogen-bond donors (Lipinski definition) is 0. The molecule has 0 unspecified atom stereocenters. The smallest absolute Gasteiger partial charge is 0.170 e. The summed E-state index contributed by atoms with van der Waals surface area (Å²) in [4.78, 5) is 10.6. The molecule has 0 N–H and O–H groups in total. The summed E-state index contributed by atoms with van der Waals surface area (Å²) in [5.74, 6) is 0. The first-order chi connectivity index (χ1) is 7.61. The van der Waals surface area contributed by atoms with Gasteiger partial charge in [0.25, 0.3) is 0 Å². The maximum atomic E-state index is 10.6. The molecule has 0 aliphatic heterocycles. The third-order valence-electron chi connectivity index (χ3n) is 2.23. The van der Waals surface area contributed by atoms with Crippen molar-refractivity contribution in [3.05, 3.63) is 40.0 Å². The molecule has 0 bridgehead atoms. The lowest BCUT2D eigenvalue weighted by molar-refractivity contribution is 0.111. The number of aromatic nitrogens is 2. The van der Waals surface area contributed by atoms with Gasteiger partial charge in [-0.1, -0.05) is 29.3 Å². The zero-order chi connectivity index (χ0) is 11.7. The minimum Gasteiger partial charge on any atom is -0.296 e. The van der Waals surface area contributed by atoms with Gasteiger partial charge in [-0.3, -0.25) is 9.48 Å². The van der Waals surface area contributed by atoms with E-state index in [1.54, 1.807) is 29.9 Å². The molecular formula is C11H8Cl2N2O. The Labute approximate surface area is 103 Å². The minimum atomic E-state index is 0.392. The fourth-order valence-corrected chi connectivity index (χ4v) is 1.77. The first kappa shape index (κ1) is 11.2. The molecule has 1 aromatic carbocycles. The topological polar surface area (TPSA) is 34.9 Å². The third kappa shape index (κ3) is 1.96. The molecule has 5 heteroatoms. The number of aryl methyl sites for hydroxylation is 1. The Morgan fingerprint density at radius 3 is 2.56 bits per heavy atom. The van der Waals surface area contributed by atoms with E-state index >= 15 is 0 Å². The molecule has 0 radical (unpaired) electrons. The number of halogens is 2. The van der Waals surface area contributed by atoms with Gasteiger partial charge in [-0.05, 0) is 18.2 Å². The van der Waals surface area contributed by atoms with E-state index in [1.165, 1.54) is 0 Å². The Kier molecular flexibility index (Phi) is 2.99. The van der Waals surface area contributed by atoms with Crippen LogP contribution in [0.5, 0.6) is 0 Å². The van der Waals surface area contributed by atoms with Gasteiger partial charge in [0.1, 0.15) is 5.69 Å². The lowest BCUT2D eigenvalue weighted by atomic mass is 10.1. The summed E-state index contributed by atoms with van der Waals surface area (Å²) in [5.41, 5.74) is 2.08. The molecule has 0 amide bonds. The highest BCUT2D eigenvalue weighted by Gasteiger charge is 2.08. The average Bonchev–Trinajstić information content (AvgIpc) is 2.64. The minimum absolute atomic E-state index is 0.392. The normalized spacial score (nSPS) is 10.4. The summed E-state index contributed by atoms with van der Waals surface area (Å²) in [6.45, 7) is 0. The van der Waals surface area contributed by atoms with Gasteiger partial charge in [0, 0.05) is 12.6 Å². The van der Waals surface area contributed by atoms with Crippen LogP contribution >= 0.6 is 23.2 Å². The van der Waals surface area contributed by atoms with E-state index < -0.39 is 0 Å². The first-order valence-electron chi connectivity index (χ1n) is 4.56. The van der Waals surface area contributed by atoms with Crippen LogP contribution in [0, 0.1) is 0 Å². The molecule has 0 aliphatic carbocycles. The van der Waals surface area contributed by atoms with Crippen LogP contribution in [0.4, 0.5) is 0 Å². The van der Waals surface area contributed by atoms with Gasteiger partial charge >= 0.3 is 0 Å². The second-order valence-corrected chi connectivity index (χ2v) is 4.14. The number of rotatable bonds is 2. The van der Waals surface area contributed by atoms with Crippen LogP contribution in [0.3, 0.4) is 0 Å². The summed E-state index contributed by atoms with van der Waals surface area (Å²) in [7, 11) is 1.77. The van der Waals surface area contributed by atoms with E-state index in [-0.39, 0.29) is 0 Å². The SMILES string of the molecule is Cn1nc(C=O)cc1-c1ccc(Cl)c(Cl)c1. The van der Waals surface area contributed by atoms with Crippen molar-refractivity contribution >= 4 is 29.5 Å². The fraction of sp³-hybridized carbons (Fsp3) is 0.0909. The van der Waals surface area contributed by atoms with Gasteiger partial charge in [-0.2, -0.15) is 5.10 Å². The second kappa shape index (κ2) is 4.28. The monoisotopic (exact) mass is 254 g/mol. The molecular weight excluding hydrogens is 247 g/mol. The van der Waals surface area contributed by atoms with E-state index in [1.807, 2.05) is 6.07 Å². The maximum Gasteiger partial charge on any atom is 0.170 e. The molecule has 0 saturated carbocycles. The molecule has 1 aromatic heterocycles. The van der Waals surface area contributed by atoms with E-state index in [2.05, 4.69) is 5.10 Å². The molecule has 0 fully saturated rings. The van der Waals surface area contributed by atoms with Crippen LogP contribution < -0.4 is 0 Å². The van der Waals surface area contributed by atoms with Crippen LogP contribution in [0.2, 0.25) is 10.0 Å². The van der Waals surface area contributed by atoms with Gasteiger partial charge < -0.3 is 0 Å². The summed E-state index contributed by atoms with van der Waals surface area (Å²) < 4.78 is 1.63. The van der Waals surface area contributed by atoms with Crippen LogP contribution in [0.25, 0.3) is 11.3 Å². The number of aldehydes is 1. The Bertz CT molecular complexity index is 549. The van der Waals surface area contributed by atoms with Crippen LogP contribution in [-0.2, 0) is 7.05 Å². The largest absolute Gasteiger partial charge is 0.296 e. The van der Waals surface area contributed by atoms with Gasteiger partial charge in [0.15, 0.2) is 6.29 Å². The third-order valence-corrected chi connectivity index (χ3v) is 2.97. The standard InChI is InChI=1S/C11H8Cl2N2O/c1-15-11(5-8(6-16)14-15)7-2-3-9(12)10(13)4-7/h2-6H,1H3. The Hall–Kier alpha value is -1.32. The number of carbonyl (C=O) groups excluding carboxylic acids is 1. The molecule has 2 rings (SSSR count). The van der Waals surface area contributed by atoms with E-state index in [4.69, 9.17) is 23.2 Å². The van der Waals surface area contributed by atoms with Crippen molar-refractivity contribution in [1.82, 2.24) is 9.78 Å². The number of nitrogens with zero attached hydrogens (tertiary/aromatic N) is 2. The number of benzene rings is 1. The summed E-state index contributed by atoms with van der Waals surface area (Å²) in [6.07, 6.45) is 0.709. The Morgan fingerprint density at radius 2 is 2.00 bits per heavy atom. The molecule has 0 spiro atoms. The van der Waals surface area contributed by atoms with E-state index in [0.717, 1.165) is 11.3 Å². The fourth-order valence-electron chi connectivity index (χ4n) is 1.47. The van der Waals surface area contributed by atoms with Crippen molar-refractivity contribution in [3.8, 4) is 11.3 Å². The lowest BCUT2D eigenvalue weighted by Crippen LogP contribution is -1.94. The number of hydrogen-bond acceptors (Lipinski definition) is 2. The van der Waals surface area contributed by atoms with E-state index in [0.29, 0.717) is 22.0 Å². The van der Waals surface area contributed by atoms with E-state index in [9.17, 15) is 4.79 Å². The maximum absolute atomic E-state index is 10.6. The predicted molar refractivity (Wildman–Crippen MR) is 64.1 cm³/mol. The highest BCUT2D eigenvalue weighted by atomic mass is 35.5. The van der Waals surface area contributed by atoms with Crippen molar-refractivity contribution in [2.45, 2.75) is 0 Å². The van der Waals surface area contributed by atoms with Crippen LogP contribution in [-0.4, -0.2) is 16.1 Å². The average molecular weight is 255 g/mol. The summed E-state index contributed by atoms with van der Waals surface area (Å²) in [6, 6.07) is 6.99. The molecule has 82 valence electrons. The second-order valence-electron chi connectivity index (χ2n) is 3.32. The highest BCUT2D eigenvalue weighted by Crippen LogP contribution is 2.28. The Balaban J connectivity index is 2.53. The zero-order valence-corrected chi connectivity index (χ0v) is 9.96. The number of carbonyl (C=O) groups is 1.